The zero-order valence-electron chi connectivity index (χ0n) is 17.2. The molecule has 0 aliphatic carbocycles. The van der Waals surface area contributed by atoms with E-state index in [-0.39, 0.29) is 17.5 Å². The molecule has 0 aromatic heterocycles. The van der Waals surface area contributed by atoms with Gasteiger partial charge in [0.2, 0.25) is 5.91 Å². The molecule has 2 amide bonds. The van der Waals surface area contributed by atoms with Crippen LogP contribution in [-0.2, 0) is 4.79 Å². The first-order chi connectivity index (χ1) is 13.9. The Morgan fingerprint density at radius 1 is 0.931 bits per heavy atom. The molecule has 1 atom stereocenters. The lowest BCUT2D eigenvalue weighted by Crippen LogP contribution is -2.54. The van der Waals surface area contributed by atoms with Crippen LogP contribution in [-0.4, -0.2) is 53.8 Å². The second kappa shape index (κ2) is 9.18. The van der Waals surface area contributed by atoms with E-state index in [0.717, 1.165) is 0 Å². The Morgan fingerprint density at radius 2 is 1.55 bits per heavy atom. The maximum atomic E-state index is 13.8. The molecule has 154 valence electrons. The smallest absolute Gasteiger partial charge is 0.253 e. The summed E-state index contributed by atoms with van der Waals surface area (Å²) in [7, 11) is 0. The van der Waals surface area contributed by atoms with Gasteiger partial charge in [-0.25, -0.2) is 4.39 Å². The van der Waals surface area contributed by atoms with Crippen LogP contribution in [0.5, 0.6) is 0 Å². The normalized spacial score (nSPS) is 16.0. The number of piperazine rings is 1. The molecule has 2 aromatic carbocycles. The van der Waals surface area contributed by atoms with Crippen molar-refractivity contribution in [2.45, 2.75) is 32.7 Å². The van der Waals surface area contributed by atoms with Crippen molar-refractivity contribution in [3.8, 4) is 0 Å². The van der Waals surface area contributed by atoms with Crippen molar-refractivity contribution in [1.82, 2.24) is 9.80 Å². The monoisotopic (exact) mass is 397 g/mol. The van der Waals surface area contributed by atoms with E-state index in [4.69, 9.17) is 0 Å². The van der Waals surface area contributed by atoms with E-state index in [9.17, 15) is 14.0 Å². The standard InChI is InChI=1S/C23H28FN3O2/c1-16(2)18-8-10-19(11-9-18)23(29)27-14-12-26(13-15-27)17(3)22(28)25-21-7-5-4-6-20(21)24/h4-11,16-17H,12-15H2,1-3H3,(H,25,28). The molecule has 0 bridgehead atoms. The molecule has 0 saturated carbocycles. The highest BCUT2D eigenvalue weighted by Crippen LogP contribution is 2.18. The van der Waals surface area contributed by atoms with Gasteiger partial charge in [0.05, 0.1) is 11.7 Å². The van der Waals surface area contributed by atoms with Crippen molar-refractivity contribution in [3.63, 3.8) is 0 Å². The Balaban J connectivity index is 1.54. The first-order valence-electron chi connectivity index (χ1n) is 10.1. The summed E-state index contributed by atoms with van der Waals surface area (Å²) in [6.45, 7) is 8.37. The fourth-order valence-electron chi connectivity index (χ4n) is 3.47. The van der Waals surface area contributed by atoms with E-state index < -0.39 is 11.9 Å². The third-order valence-corrected chi connectivity index (χ3v) is 5.48. The molecule has 1 N–H and O–H groups in total. The quantitative estimate of drug-likeness (QED) is 0.836. The van der Waals surface area contributed by atoms with E-state index in [0.29, 0.717) is 37.7 Å². The van der Waals surface area contributed by atoms with Crippen molar-refractivity contribution in [1.29, 1.82) is 0 Å². The highest BCUT2D eigenvalue weighted by Gasteiger charge is 2.28. The number of benzene rings is 2. The van der Waals surface area contributed by atoms with E-state index >= 15 is 0 Å². The number of rotatable bonds is 5. The SMILES string of the molecule is CC(C)c1ccc(C(=O)N2CCN(C(C)C(=O)Nc3ccccc3F)CC2)cc1. The van der Waals surface area contributed by atoms with Crippen molar-refractivity contribution in [3.05, 3.63) is 65.5 Å². The first-order valence-corrected chi connectivity index (χ1v) is 10.1. The third-order valence-electron chi connectivity index (χ3n) is 5.48. The van der Waals surface area contributed by atoms with Gasteiger partial charge >= 0.3 is 0 Å². The number of hydrogen-bond acceptors (Lipinski definition) is 3. The second-order valence-electron chi connectivity index (χ2n) is 7.75. The molecule has 1 aliphatic rings. The summed E-state index contributed by atoms with van der Waals surface area (Å²) in [6, 6.07) is 13.5. The number of amides is 2. The molecule has 0 radical (unpaired) electrons. The number of carbonyl (C=O) groups excluding carboxylic acids is 2. The number of carbonyl (C=O) groups is 2. The number of para-hydroxylation sites is 1. The highest BCUT2D eigenvalue weighted by molar-refractivity contribution is 5.95. The maximum absolute atomic E-state index is 13.8. The molecule has 1 fully saturated rings. The highest BCUT2D eigenvalue weighted by atomic mass is 19.1. The van der Waals surface area contributed by atoms with Crippen LogP contribution in [0, 0.1) is 5.82 Å². The molecule has 1 heterocycles. The number of nitrogens with zero attached hydrogens (tertiary/aromatic N) is 2. The topological polar surface area (TPSA) is 52.7 Å². The maximum Gasteiger partial charge on any atom is 0.253 e. The van der Waals surface area contributed by atoms with Crippen LogP contribution >= 0.6 is 0 Å². The van der Waals surface area contributed by atoms with Crippen LogP contribution in [0.3, 0.4) is 0 Å². The van der Waals surface area contributed by atoms with Gasteiger partial charge in [0.25, 0.3) is 5.91 Å². The van der Waals surface area contributed by atoms with Crippen molar-refractivity contribution >= 4 is 17.5 Å². The predicted molar refractivity (Wildman–Crippen MR) is 112 cm³/mol. The molecule has 0 spiro atoms. The number of halogens is 1. The number of anilines is 1. The van der Waals surface area contributed by atoms with E-state index in [1.54, 1.807) is 25.1 Å². The Morgan fingerprint density at radius 3 is 2.14 bits per heavy atom. The molecular formula is C23H28FN3O2. The summed E-state index contributed by atoms with van der Waals surface area (Å²) >= 11 is 0. The predicted octanol–water partition coefficient (Wildman–Crippen LogP) is 3.73. The summed E-state index contributed by atoms with van der Waals surface area (Å²) in [6.07, 6.45) is 0. The van der Waals surface area contributed by atoms with Gasteiger partial charge in [0.15, 0.2) is 0 Å². The minimum Gasteiger partial charge on any atom is -0.336 e. The zero-order chi connectivity index (χ0) is 21.0. The molecule has 5 nitrogen and oxygen atoms in total. The molecular weight excluding hydrogens is 369 g/mol. The lowest BCUT2D eigenvalue weighted by atomic mass is 10.0. The van der Waals surface area contributed by atoms with Gasteiger partial charge in [-0.1, -0.05) is 38.1 Å². The Bertz CT molecular complexity index is 859. The lowest BCUT2D eigenvalue weighted by molar-refractivity contribution is -0.121. The van der Waals surface area contributed by atoms with Gasteiger partial charge < -0.3 is 10.2 Å². The van der Waals surface area contributed by atoms with Crippen LogP contribution in [0.15, 0.2) is 48.5 Å². The summed E-state index contributed by atoms with van der Waals surface area (Å²) in [5.41, 5.74) is 2.08. The Hall–Kier alpha value is -2.73. The van der Waals surface area contributed by atoms with Gasteiger partial charge in [-0.05, 0) is 42.7 Å². The van der Waals surface area contributed by atoms with Gasteiger partial charge in [0, 0.05) is 31.7 Å². The van der Waals surface area contributed by atoms with Gasteiger partial charge in [0.1, 0.15) is 5.82 Å². The lowest BCUT2D eigenvalue weighted by Gasteiger charge is -2.37. The first kappa shape index (κ1) is 21.0. The molecule has 1 aliphatic heterocycles. The van der Waals surface area contributed by atoms with Crippen LogP contribution in [0.2, 0.25) is 0 Å². The summed E-state index contributed by atoms with van der Waals surface area (Å²) in [5, 5.41) is 2.65. The van der Waals surface area contributed by atoms with Crippen LogP contribution in [0.1, 0.15) is 42.6 Å². The van der Waals surface area contributed by atoms with Gasteiger partial charge in [-0.15, -0.1) is 0 Å². The minimum atomic E-state index is -0.452. The van der Waals surface area contributed by atoms with Crippen LogP contribution < -0.4 is 5.32 Å². The van der Waals surface area contributed by atoms with Crippen LogP contribution in [0.25, 0.3) is 0 Å². The largest absolute Gasteiger partial charge is 0.336 e. The molecule has 29 heavy (non-hydrogen) atoms. The van der Waals surface area contributed by atoms with Gasteiger partial charge in [-0.3, -0.25) is 14.5 Å². The second-order valence-corrected chi connectivity index (χ2v) is 7.75. The molecule has 3 rings (SSSR count). The van der Waals surface area contributed by atoms with Crippen LogP contribution in [0.4, 0.5) is 10.1 Å². The molecule has 1 unspecified atom stereocenters. The van der Waals surface area contributed by atoms with E-state index in [1.165, 1.54) is 11.6 Å². The van der Waals surface area contributed by atoms with E-state index in [2.05, 4.69) is 19.2 Å². The molecule has 6 heteroatoms. The molecule has 2 aromatic rings. The summed E-state index contributed by atoms with van der Waals surface area (Å²) in [4.78, 5) is 29.1. The van der Waals surface area contributed by atoms with Crippen molar-refractivity contribution in [2.75, 3.05) is 31.5 Å². The Kier molecular flexibility index (Phi) is 6.64. The average Bonchev–Trinajstić information content (AvgIpc) is 2.74. The fraction of sp³-hybridized carbons (Fsp3) is 0.391. The number of hydrogen-bond donors (Lipinski definition) is 1. The fourth-order valence-corrected chi connectivity index (χ4v) is 3.47. The van der Waals surface area contributed by atoms with Crippen molar-refractivity contribution < 1.29 is 14.0 Å². The minimum absolute atomic E-state index is 0.0171. The van der Waals surface area contributed by atoms with Gasteiger partial charge in [-0.2, -0.15) is 0 Å². The average molecular weight is 397 g/mol. The number of nitrogens with one attached hydrogen (secondary N) is 1. The summed E-state index contributed by atoms with van der Waals surface area (Å²) in [5.74, 6) is -0.255. The molecule has 1 saturated heterocycles. The zero-order valence-corrected chi connectivity index (χ0v) is 17.2. The van der Waals surface area contributed by atoms with Crippen molar-refractivity contribution in [2.24, 2.45) is 0 Å². The third kappa shape index (κ3) is 5.01. The Labute approximate surface area is 171 Å². The van der Waals surface area contributed by atoms with E-state index in [1.807, 2.05) is 34.1 Å². The summed E-state index contributed by atoms with van der Waals surface area (Å²) < 4.78 is 13.8.